The number of hydrogen-bond donors (Lipinski definition) is 4. The van der Waals surface area contributed by atoms with Crippen LogP contribution in [-0.2, 0) is 26.2 Å². The van der Waals surface area contributed by atoms with Crippen LogP contribution in [0.5, 0.6) is 0 Å². The molecule has 3 heterocycles. The first-order valence-electron chi connectivity index (χ1n) is 8.89. The number of nitrogens with zero attached hydrogens (tertiary/aromatic N) is 4. The van der Waals surface area contributed by atoms with Gasteiger partial charge in [0.15, 0.2) is 5.82 Å². The Bertz CT molecular complexity index is 1080. The van der Waals surface area contributed by atoms with Gasteiger partial charge in [-0.05, 0) is 35.4 Å². The number of halogens is 1. The monoisotopic (exact) mass is 399 g/mol. The molecule has 0 bridgehead atoms. The van der Waals surface area contributed by atoms with Gasteiger partial charge in [-0.3, -0.25) is 4.98 Å². The van der Waals surface area contributed by atoms with E-state index in [1.807, 2.05) is 0 Å². The van der Waals surface area contributed by atoms with Gasteiger partial charge in [-0.25, -0.2) is 9.18 Å². The van der Waals surface area contributed by atoms with E-state index < -0.39 is 17.9 Å². The molecule has 4 N–H and O–H groups in total. The number of fused-ring (bicyclic) bond motifs is 2. The lowest BCUT2D eigenvalue weighted by Gasteiger charge is -2.23. The van der Waals surface area contributed by atoms with Gasteiger partial charge >= 0.3 is 5.97 Å². The van der Waals surface area contributed by atoms with E-state index in [0.717, 1.165) is 5.56 Å². The van der Waals surface area contributed by atoms with Gasteiger partial charge in [0.1, 0.15) is 17.7 Å². The van der Waals surface area contributed by atoms with Gasteiger partial charge in [-0.1, -0.05) is 6.07 Å². The summed E-state index contributed by atoms with van der Waals surface area (Å²) in [6.07, 6.45) is -1.06. The van der Waals surface area contributed by atoms with Crippen LogP contribution in [0.2, 0.25) is 0 Å². The number of carboxylic acids is 1. The van der Waals surface area contributed by atoms with Gasteiger partial charge in [-0.15, -0.1) is 10.2 Å². The van der Waals surface area contributed by atoms with E-state index in [-0.39, 0.29) is 24.4 Å². The molecule has 150 valence electrons. The number of aromatic carboxylic acids is 1. The second kappa shape index (κ2) is 7.66. The van der Waals surface area contributed by atoms with E-state index >= 15 is 0 Å². The van der Waals surface area contributed by atoms with E-state index in [0.29, 0.717) is 36.0 Å². The normalized spacial score (nSPS) is 15.1. The molecule has 3 aromatic rings. The molecule has 0 saturated carbocycles. The number of nitrogens with one attached hydrogen (secondary N) is 1. The topological polar surface area (TPSA) is 133 Å². The predicted molar refractivity (Wildman–Crippen MR) is 97.2 cm³/mol. The van der Waals surface area contributed by atoms with Crippen LogP contribution >= 0.6 is 0 Å². The largest absolute Gasteiger partial charge is 0.478 e. The van der Waals surface area contributed by atoms with Crippen LogP contribution < -0.4 is 5.32 Å². The highest BCUT2D eigenvalue weighted by Gasteiger charge is 2.28. The van der Waals surface area contributed by atoms with Crippen molar-refractivity contribution in [1.29, 1.82) is 0 Å². The number of carbonyl (C=O) groups is 1. The second-order valence-electron chi connectivity index (χ2n) is 6.71. The van der Waals surface area contributed by atoms with Crippen molar-refractivity contribution < 1.29 is 24.5 Å². The first-order valence-corrected chi connectivity index (χ1v) is 8.89. The summed E-state index contributed by atoms with van der Waals surface area (Å²) in [7, 11) is 0. The Labute approximate surface area is 164 Å². The molecule has 1 atom stereocenters. The maximum Gasteiger partial charge on any atom is 0.335 e. The zero-order chi connectivity index (χ0) is 20.5. The van der Waals surface area contributed by atoms with Gasteiger partial charge in [-0.2, -0.15) is 0 Å². The number of carboxylic acid groups (broad SMARTS) is 1. The molecular formula is C19H18FN5O4. The lowest BCUT2D eigenvalue weighted by molar-refractivity contribution is 0.0696. The number of pyridine rings is 1. The van der Waals surface area contributed by atoms with Gasteiger partial charge in [0.25, 0.3) is 0 Å². The standard InChI is InChI=1S/C19H18FN5O4/c20-12-2-1-10-8-25-16(23-24-18(25)17(27)15(10)5-12)7-21-6-13-3-11(19(28)29)4-14(9-26)22-13/h1-5,17,21,26-27H,6-9H2,(H,28,29). The molecule has 0 fully saturated rings. The Kier molecular flexibility index (Phi) is 5.05. The summed E-state index contributed by atoms with van der Waals surface area (Å²) in [6.45, 7) is 0.599. The van der Waals surface area contributed by atoms with Crippen LogP contribution in [0.1, 0.15) is 50.6 Å². The number of hydrogen-bond acceptors (Lipinski definition) is 7. The Morgan fingerprint density at radius 3 is 2.76 bits per heavy atom. The van der Waals surface area contributed by atoms with Crippen molar-refractivity contribution in [3.05, 3.63) is 75.9 Å². The lowest BCUT2D eigenvalue weighted by atomic mass is 9.98. The van der Waals surface area contributed by atoms with Crippen LogP contribution in [0.3, 0.4) is 0 Å². The Balaban J connectivity index is 1.49. The van der Waals surface area contributed by atoms with E-state index in [9.17, 15) is 19.4 Å². The summed E-state index contributed by atoms with van der Waals surface area (Å²) in [5.74, 6) is -0.603. The summed E-state index contributed by atoms with van der Waals surface area (Å²) in [5.41, 5.74) is 2.06. The number of aromatic nitrogens is 4. The third-order valence-corrected chi connectivity index (χ3v) is 4.76. The number of aliphatic hydroxyl groups excluding tert-OH is 2. The van der Waals surface area contributed by atoms with Gasteiger partial charge < -0.3 is 25.2 Å². The van der Waals surface area contributed by atoms with Crippen molar-refractivity contribution in [1.82, 2.24) is 25.1 Å². The Hall–Kier alpha value is -3.21. The molecular weight excluding hydrogens is 381 g/mol. The molecule has 4 rings (SSSR count). The van der Waals surface area contributed by atoms with E-state index in [2.05, 4.69) is 20.5 Å². The van der Waals surface area contributed by atoms with Gasteiger partial charge in [0.05, 0.1) is 36.6 Å². The minimum absolute atomic E-state index is 0.0488. The minimum Gasteiger partial charge on any atom is -0.478 e. The van der Waals surface area contributed by atoms with Crippen LogP contribution in [0.4, 0.5) is 4.39 Å². The fourth-order valence-corrected chi connectivity index (χ4v) is 3.38. The van der Waals surface area contributed by atoms with E-state index in [4.69, 9.17) is 5.11 Å². The molecule has 1 unspecified atom stereocenters. The van der Waals surface area contributed by atoms with Crippen molar-refractivity contribution in [2.24, 2.45) is 0 Å². The fourth-order valence-electron chi connectivity index (χ4n) is 3.38. The third kappa shape index (κ3) is 3.73. The summed E-state index contributed by atoms with van der Waals surface area (Å²) in [4.78, 5) is 15.4. The summed E-state index contributed by atoms with van der Waals surface area (Å²) >= 11 is 0. The van der Waals surface area contributed by atoms with Crippen molar-refractivity contribution >= 4 is 5.97 Å². The molecule has 0 amide bonds. The van der Waals surface area contributed by atoms with Crippen molar-refractivity contribution in [3.8, 4) is 0 Å². The second-order valence-corrected chi connectivity index (χ2v) is 6.71. The molecule has 2 aromatic heterocycles. The van der Waals surface area contributed by atoms with Crippen LogP contribution in [0.15, 0.2) is 30.3 Å². The molecule has 0 saturated heterocycles. The fraction of sp³-hybridized carbons (Fsp3) is 0.263. The molecule has 0 aliphatic carbocycles. The average Bonchev–Trinajstić information content (AvgIpc) is 3.11. The SMILES string of the molecule is O=C(O)c1cc(CO)nc(CNCc2nnc3n2Cc2ccc(F)cc2C3O)c1. The number of rotatable bonds is 6. The molecule has 0 radical (unpaired) electrons. The van der Waals surface area contributed by atoms with Crippen molar-refractivity contribution in [3.63, 3.8) is 0 Å². The molecule has 9 nitrogen and oxygen atoms in total. The maximum absolute atomic E-state index is 13.5. The Morgan fingerprint density at radius 2 is 2.00 bits per heavy atom. The Morgan fingerprint density at radius 1 is 1.21 bits per heavy atom. The highest BCUT2D eigenvalue weighted by atomic mass is 19.1. The minimum atomic E-state index is -1.10. The van der Waals surface area contributed by atoms with Crippen molar-refractivity contribution in [2.45, 2.75) is 32.3 Å². The van der Waals surface area contributed by atoms with Crippen LogP contribution in [-0.4, -0.2) is 41.0 Å². The third-order valence-electron chi connectivity index (χ3n) is 4.76. The van der Waals surface area contributed by atoms with E-state index in [1.165, 1.54) is 24.3 Å². The molecule has 0 spiro atoms. The van der Waals surface area contributed by atoms with Crippen LogP contribution in [0.25, 0.3) is 0 Å². The predicted octanol–water partition coefficient (Wildman–Crippen LogP) is 0.736. The lowest BCUT2D eigenvalue weighted by Crippen LogP contribution is -2.23. The smallest absolute Gasteiger partial charge is 0.335 e. The maximum atomic E-state index is 13.5. The first-order chi connectivity index (χ1) is 14.0. The number of benzene rings is 1. The molecule has 1 aromatic carbocycles. The first kappa shape index (κ1) is 19.1. The zero-order valence-electron chi connectivity index (χ0n) is 15.2. The van der Waals surface area contributed by atoms with Crippen molar-refractivity contribution in [2.75, 3.05) is 0 Å². The number of aliphatic hydroxyl groups is 2. The molecule has 1 aliphatic heterocycles. The zero-order valence-corrected chi connectivity index (χ0v) is 15.2. The van der Waals surface area contributed by atoms with E-state index in [1.54, 1.807) is 10.6 Å². The average molecular weight is 399 g/mol. The molecule has 1 aliphatic rings. The van der Waals surface area contributed by atoms with Gasteiger partial charge in [0, 0.05) is 6.54 Å². The van der Waals surface area contributed by atoms with Crippen LogP contribution in [0, 0.1) is 5.82 Å². The highest BCUT2D eigenvalue weighted by molar-refractivity contribution is 5.87. The van der Waals surface area contributed by atoms with Gasteiger partial charge in [0.2, 0.25) is 0 Å². The highest BCUT2D eigenvalue weighted by Crippen LogP contribution is 2.31. The summed E-state index contributed by atoms with van der Waals surface area (Å²) in [6, 6.07) is 7.03. The summed E-state index contributed by atoms with van der Waals surface area (Å²) in [5, 5.41) is 40.2. The molecule has 29 heavy (non-hydrogen) atoms. The summed E-state index contributed by atoms with van der Waals surface area (Å²) < 4.78 is 15.2. The quantitative estimate of drug-likeness (QED) is 0.477. The molecule has 10 heteroatoms.